The fourth-order valence-electron chi connectivity index (χ4n) is 2.60. The van der Waals surface area contributed by atoms with E-state index in [0.29, 0.717) is 31.2 Å². The van der Waals surface area contributed by atoms with Gasteiger partial charge in [0.2, 0.25) is 0 Å². The summed E-state index contributed by atoms with van der Waals surface area (Å²) in [7, 11) is 0. The van der Waals surface area contributed by atoms with Gasteiger partial charge in [-0.05, 0) is 56.2 Å². The molecule has 2 aromatic carbocycles. The number of rotatable bonds is 8. The summed E-state index contributed by atoms with van der Waals surface area (Å²) in [5.41, 5.74) is 2.38. The van der Waals surface area contributed by atoms with Crippen LogP contribution in [0.4, 0.5) is 0 Å². The van der Waals surface area contributed by atoms with Gasteiger partial charge in [-0.1, -0.05) is 24.3 Å². The summed E-state index contributed by atoms with van der Waals surface area (Å²) in [4.78, 5) is 4.53. The van der Waals surface area contributed by atoms with Gasteiger partial charge in [0, 0.05) is 13.1 Å². The highest BCUT2D eigenvalue weighted by molar-refractivity contribution is 5.79. The summed E-state index contributed by atoms with van der Waals surface area (Å²) in [6, 6.07) is 17.0. The highest BCUT2D eigenvalue weighted by Gasteiger charge is 2.09. The van der Waals surface area contributed by atoms with Crippen LogP contribution >= 0.6 is 0 Å². The van der Waals surface area contributed by atoms with Crippen LogP contribution in [0.5, 0.6) is 5.75 Å². The van der Waals surface area contributed by atoms with Gasteiger partial charge in [0.05, 0.1) is 30.4 Å². The lowest BCUT2D eigenvalue weighted by Gasteiger charge is -2.16. The topological polar surface area (TPSA) is 89.7 Å². The van der Waals surface area contributed by atoms with Crippen LogP contribution in [-0.4, -0.2) is 30.3 Å². The Balaban J connectivity index is 1.95. The van der Waals surface area contributed by atoms with Crippen LogP contribution in [0.3, 0.4) is 0 Å². The second-order valence-corrected chi connectivity index (χ2v) is 6.64. The molecule has 3 N–H and O–H groups in total. The van der Waals surface area contributed by atoms with Gasteiger partial charge < -0.3 is 20.5 Å². The van der Waals surface area contributed by atoms with Gasteiger partial charge in [0.1, 0.15) is 5.75 Å². The molecule has 0 saturated heterocycles. The Kier molecular flexibility index (Phi) is 8.32. The summed E-state index contributed by atoms with van der Waals surface area (Å²) < 4.78 is 5.62. The van der Waals surface area contributed by atoms with Crippen molar-refractivity contribution in [2.45, 2.75) is 39.5 Å². The molecule has 6 heteroatoms. The smallest absolute Gasteiger partial charge is 0.191 e. The molecule has 0 bridgehead atoms. The van der Waals surface area contributed by atoms with Gasteiger partial charge >= 0.3 is 0 Å². The van der Waals surface area contributed by atoms with E-state index in [1.807, 2.05) is 63.2 Å². The van der Waals surface area contributed by atoms with E-state index in [2.05, 4.69) is 21.7 Å². The molecule has 0 amide bonds. The molecular weight excluding hydrogens is 352 g/mol. The molecule has 0 spiro atoms. The minimum atomic E-state index is -0.668. The number of hydrogen-bond donors (Lipinski definition) is 3. The lowest BCUT2D eigenvalue weighted by atomic mass is 10.1. The van der Waals surface area contributed by atoms with Crippen LogP contribution in [0, 0.1) is 11.3 Å². The quantitative estimate of drug-likeness (QED) is 0.484. The van der Waals surface area contributed by atoms with Gasteiger partial charge in [-0.15, -0.1) is 0 Å². The molecular formula is C22H28N4O2. The number of guanidine groups is 1. The van der Waals surface area contributed by atoms with Gasteiger partial charge in [-0.25, -0.2) is 4.99 Å². The van der Waals surface area contributed by atoms with Crippen molar-refractivity contribution in [2.24, 2.45) is 4.99 Å². The number of ether oxygens (including phenoxy) is 1. The Morgan fingerprint density at radius 2 is 1.93 bits per heavy atom. The summed E-state index contributed by atoms with van der Waals surface area (Å²) in [5, 5.41) is 25.8. The largest absolute Gasteiger partial charge is 0.491 e. The number of nitrogens with one attached hydrogen (secondary N) is 2. The molecule has 0 radical (unpaired) electrons. The average molecular weight is 380 g/mol. The third kappa shape index (κ3) is 6.93. The van der Waals surface area contributed by atoms with E-state index in [9.17, 15) is 5.11 Å². The summed E-state index contributed by atoms with van der Waals surface area (Å²) in [6.45, 7) is 7.42. The third-order valence-electron chi connectivity index (χ3n) is 3.92. The van der Waals surface area contributed by atoms with Crippen molar-refractivity contribution in [1.82, 2.24) is 10.6 Å². The van der Waals surface area contributed by atoms with Crippen LogP contribution in [0.1, 0.15) is 43.6 Å². The van der Waals surface area contributed by atoms with Crippen LogP contribution in [0.15, 0.2) is 53.5 Å². The summed E-state index contributed by atoms with van der Waals surface area (Å²) in [6.07, 6.45) is -0.552. The molecule has 2 aromatic rings. The highest BCUT2D eigenvalue weighted by atomic mass is 16.5. The second-order valence-electron chi connectivity index (χ2n) is 6.64. The van der Waals surface area contributed by atoms with E-state index in [1.165, 1.54) is 0 Å². The minimum Gasteiger partial charge on any atom is -0.491 e. The standard InChI is InChI=1S/C22H28N4O2/c1-4-24-22(25-14-18-7-5-6-17(12-18)13-23)26-15-21(27)19-8-10-20(11-9-19)28-16(2)3/h5-12,16,21,27H,4,14-15H2,1-3H3,(H2,24,25,26). The zero-order chi connectivity index (χ0) is 20.4. The van der Waals surface area contributed by atoms with E-state index in [-0.39, 0.29) is 6.10 Å². The number of nitriles is 1. The Morgan fingerprint density at radius 1 is 1.18 bits per heavy atom. The van der Waals surface area contributed by atoms with Gasteiger partial charge in [-0.2, -0.15) is 5.26 Å². The Bertz CT molecular complexity index is 810. The van der Waals surface area contributed by atoms with Crippen LogP contribution in [-0.2, 0) is 6.54 Å². The average Bonchev–Trinajstić information content (AvgIpc) is 2.70. The second kappa shape index (κ2) is 11.0. The predicted molar refractivity (Wildman–Crippen MR) is 111 cm³/mol. The van der Waals surface area contributed by atoms with Crippen molar-refractivity contribution >= 4 is 5.96 Å². The number of aliphatic hydroxyl groups is 1. The maximum absolute atomic E-state index is 10.4. The minimum absolute atomic E-state index is 0.116. The lowest BCUT2D eigenvalue weighted by molar-refractivity contribution is 0.180. The van der Waals surface area contributed by atoms with E-state index in [0.717, 1.165) is 16.9 Å². The molecule has 6 nitrogen and oxygen atoms in total. The maximum atomic E-state index is 10.4. The number of aliphatic hydroxyl groups excluding tert-OH is 1. The molecule has 0 aliphatic heterocycles. The SMILES string of the molecule is CCNC(=NCc1cccc(C#N)c1)NCC(O)c1ccc(OC(C)C)cc1. The van der Waals surface area contributed by atoms with Gasteiger partial charge in [0.15, 0.2) is 5.96 Å². The first kappa shape index (κ1) is 21.3. The Labute approximate surface area is 166 Å². The van der Waals surface area contributed by atoms with E-state index < -0.39 is 6.10 Å². The van der Waals surface area contributed by atoms with Crippen molar-refractivity contribution in [3.05, 3.63) is 65.2 Å². The molecule has 0 fully saturated rings. The lowest BCUT2D eigenvalue weighted by Crippen LogP contribution is -2.39. The van der Waals surface area contributed by atoms with Gasteiger partial charge in [-0.3, -0.25) is 0 Å². The van der Waals surface area contributed by atoms with Crippen molar-refractivity contribution in [3.8, 4) is 11.8 Å². The third-order valence-corrected chi connectivity index (χ3v) is 3.92. The van der Waals surface area contributed by atoms with E-state index in [1.54, 1.807) is 6.07 Å². The predicted octanol–water partition coefficient (Wildman–Crippen LogP) is 3.13. The first-order valence-electron chi connectivity index (χ1n) is 9.47. The van der Waals surface area contributed by atoms with Crippen molar-refractivity contribution in [2.75, 3.05) is 13.1 Å². The normalized spacial score (nSPS) is 12.4. The maximum Gasteiger partial charge on any atom is 0.191 e. The number of aliphatic imine (C=N–C) groups is 1. The zero-order valence-electron chi connectivity index (χ0n) is 16.6. The fourth-order valence-corrected chi connectivity index (χ4v) is 2.60. The molecule has 2 rings (SSSR count). The summed E-state index contributed by atoms with van der Waals surface area (Å²) in [5.74, 6) is 1.40. The summed E-state index contributed by atoms with van der Waals surface area (Å²) >= 11 is 0. The number of nitrogens with zero attached hydrogens (tertiary/aromatic N) is 2. The molecule has 1 unspecified atom stereocenters. The molecule has 0 saturated carbocycles. The first-order valence-corrected chi connectivity index (χ1v) is 9.47. The van der Waals surface area contributed by atoms with E-state index >= 15 is 0 Å². The monoisotopic (exact) mass is 380 g/mol. The Morgan fingerprint density at radius 3 is 2.57 bits per heavy atom. The van der Waals surface area contributed by atoms with Crippen molar-refractivity contribution in [3.63, 3.8) is 0 Å². The van der Waals surface area contributed by atoms with Crippen LogP contribution in [0.2, 0.25) is 0 Å². The Hall–Kier alpha value is -3.04. The molecule has 28 heavy (non-hydrogen) atoms. The fraction of sp³-hybridized carbons (Fsp3) is 0.364. The number of hydrogen-bond acceptors (Lipinski definition) is 4. The molecule has 0 aromatic heterocycles. The van der Waals surface area contributed by atoms with E-state index in [4.69, 9.17) is 10.00 Å². The van der Waals surface area contributed by atoms with Crippen molar-refractivity contribution < 1.29 is 9.84 Å². The highest BCUT2D eigenvalue weighted by Crippen LogP contribution is 2.18. The van der Waals surface area contributed by atoms with Crippen LogP contribution in [0.25, 0.3) is 0 Å². The zero-order valence-corrected chi connectivity index (χ0v) is 16.6. The molecule has 0 aliphatic carbocycles. The molecule has 0 heterocycles. The van der Waals surface area contributed by atoms with Gasteiger partial charge in [0.25, 0.3) is 0 Å². The molecule has 1 atom stereocenters. The number of benzene rings is 2. The first-order chi connectivity index (χ1) is 13.5. The molecule has 148 valence electrons. The van der Waals surface area contributed by atoms with Crippen LogP contribution < -0.4 is 15.4 Å². The molecule has 0 aliphatic rings. The van der Waals surface area contributed by atoms with Crippen molar-refractivity contribution in [1.29, 1.82) is 5.26 Å².